The maximum absolute atomic E-state index is 11.7. The Bertz CT molecular complexity index is 227. The predicted molar refractivity (Wildman–Crippen MR) is 54.9 cm³/mol. The first-order valence-electron chi connectivity index (χ1n) is 5.43. The van der Waals surface area contributed by atoms with Gasteiger partial charge in [0.2, 0.25) is 5.78 Å². The molecule has 0 aromatic carbocycles. The third-order valence-electron chi connectivity index (χ3n) is 2.99. The van der Waals surface area contributed by atoms with E-state index in [2.05, 4.69) is 0 Å². The van der Waals surface area contributed by atoms with Crippen LogP contribution in [0.2, 0.25) is 0 Å². The van der Waals surface area contributed by atoms with Gasteiger partial charge in [0.25, 0.3) is 5.91 Å². The molecule has 0 bridgehead atoms. The molecule has 1 aliphatic heterocycles. The minimum atomic E-state index is -0.285. The largest absolute Gasteiger partial charge is 0.331 e. The maximum Gasteiger partial charge on any atom is 0.290 e. The van der Waals surface area contributed by atoms with Crippen molar-refractivity contribution >= 4 is 11.7 Å². The van der Waals surface area contributed by atoms with Crippen LogP contribution in [-0.2, 0) is 9.59 Å². The van der Waals surface area contributed by atoms with Gasteiger partial charge in [0.05, 0.1) is 0 Å². The summed E-state index contributed by atoms with van der Waals surface area (Å²) < 4.78 is 0. The van der Waals surface area contributed by atoms with Crippen molar-refractivity contribution < 1.29 is 9.59 Å². The van der Waals surface area contributed by atoms with Crippen molar-refractivity contribution in [3.8, 4) is 0 Å². The van der Waals surface area contributed by atoms with Crippen molar-refractivity contribution in [3.63, 3.8) is 0 Å². The minimum absolute atomic E-state index is 0.224. The Kier molecular flexibility index (Phi) is 3.67. The normalized spacial score (nSPS) is 27.5. The number of piperidine rings is 1. The SMILES string of the molecule is CCC(=O)C(=O)N1C(C)CCCC1C. The predicted octanol–water partition coefficient (Wildman–Crippen LogP) is 1.75. The Hall–Kier alpha value is -0.860. The third-order valence-corrected chi connectivity index (χ3v) is 2.99. The standard InChI is InChI=1S/C11H19NO2/c1-4-10(13)11(14)12-8(2)6-5-7-9(12)3/h8-9H,4-7H2,1-3H3. The Balaban J connectivity index is 2.72. The first-order chi connectivity index (χ1) is 6.57. The molecule has 0 spiro atoms. The maximum atomic E-state index is 11.7. The Morgan fingerprint density at radius 1 is 1.21 bits per heavy atom. The summed E-state index contributed by atoms with van der Waals surface area (Å²) in [6, 6.07) is 0.448. The van der Waals surface area contributed by atoms with Gasteiger partial charge in [-0.05, 0) is 33.1 Å². The van der Waals surface area contributed by atoms with Crippen LogP contribution in [0.1, 0.15) is 46.5 Å². The fraction of sp³-hybridized carbons (Fsp3) is 0.818. The van der Waals surface area contributed by atoms with Gasteiger partial charge in [-0.15, -0.1) is 0 Å². The van der Waals surface area contributed by atoms with Gasteiger partial charge >= 0.3 is 0 Å². The van der Waals surface area contributed by atoms with Gasteiger partial charge in [-0.3, -0.25) is 9.59 Å². The van der Waals surface area contributed by atoms with Crippen LogP contribution in [0.5, 0.6) is 0 Å². The van der Waals surface area contributed by atoms with E-state index in [1.807, 2.05) is 13.8 Å². The van der Waals surface area contributed by atoms with Gasteiger partial charge < -0.3 is 4.90 Å². The quantitative estimate of drug-likeness (QED) is 0.632. The number of likely N-dealkylation sites (tertiary alicyclic amines) is 1. The highest BCUT2D eigenvalue weighted by atomic mass is 16.2. The van der Waals surface area contributed by atoms with E-state index in [0.717, 1.165) is 19.3 Å². The Morgan fingerprint density at radius 2 is 1.71 bits per heavy atom. The average molecular weight is 197 g/mol. The summed E-state index contributed by atoms with van der Waals surface area (Å²) in [5.41, 5.74) is 0. The molecular formula is C11H19NO2. The van der Waals surface area contributed by atoms with E-state index in [1.165, 1.54) is 0 Å². The molecule has 1 heterocycles. The van der Waals surface area contributed by atoms with Gasteiger partial charge in [-0.2, -0.15) is 0 Å². The van der Waals surface area contributed by atoms with E-state index >= 15 is 0 Å². The van der Waals surface area contributed by atoms with Gasteiger partial charge in [-0.25, -0.2) is 0 Å². The van der Waals surface area contributed by atoms with E-state index in [-0.39, 0.29) is 23.8 Å². The smallest absolute Gasteiger partial charge is 0.290 e. The summed E-state index contributed by atoms with van der Waals surface area (Å²) in [6.45, 7) is 5.78. The molecule has 0 N–H and O–H groups in total. The molecule has 1 aliphatic rings. The molecule has 0 radical (unpaired) electrons. The van der Waals surface area contributed by atoms with Gasteiger partial charge in [0.15, 0.2) is 0 Å². The average Bonchev–Trinajstić information content (AvgIpc) is 2.16. The number of hydrogen-bond acceptors (Lipinski definition) is 2. The molecule has 1 fully saturated rings. The summed E-state index contributed by atoms with van der Waals surface area (Å²) in [5, 5.41) is 0. The van der Waals surface area contributed by atoms with Crippen LogP contribution < -0.4 is 0 Å². The zero-order valence-electron chi connectivity index (χ0n) is 9.25. The second-order valence-electron chi connectivity index (χ2n) is 4.12. The summed E-state index contributed by atoms with van der Waals surface area (Å²) in [5.74, 6) is -0.544. The molecule has 3 nitrogen and oxygen atoms in total. The first-order valence-corrected chi connectivity index (χ1v) is 5.43. The number of rotatable bonds is 2. The number of hydrogen-bond donors (Lipinski definition) is 0. The van der Waals surface area contributed by atoms with E-state index < -0.39 is 0 Å². The van der Waals surface area contributed by atoms with Crippen molar-refractivity contribution in [2.75, 3.05) is 0 Å². The molecule has 14 heavy (non-hydrogen) atoms. The second-order valence-corrected chi connectivity index (χ2v) is 4.12. The summed E-state index contributed by atoms with van der Waals surface area (Å²) in [6.07, 6.45) is 3.52. The molecule has 0 aliphatic carbocycles. The summed E-state index contributed by atoms with van der Waals surface area (Å²) in [7, 11) is 0. The second kappa shape index (κ2) is 4.58. The van der Waals surface area contributed by atoms with Crippen LogP contribution in [0.3, 0.4) is 0 Å². The van der Waals surface area contributed by atoms with Crippen LogP contribution in [0.15, 0.2) is 0 Å². The topological polar surface area (TPSA) is 37.4 Å². The molecule has 1 saturated heterocycles. The Labute approximate surface area is 85.5 Å². The fourth-order valence-electron chi connectivity index (χ4n) is 2.12. The van der Waals surface area contributed by atoms with E-state index in [4.69, 9.17) is 0 Å². The van der Waals surface area contributed by atoms with Crippen LogP contribution in [0.25, 0.3) is 0 Å². The number of Topliss-reactive ketones (excluding diaryl/α,β-unsaturated/α-hetero) is 1. The minimum Gasteiger partial charge on any atom is -0.331 e. The van der Waals surface area contributed by atoms with Crippen LogP contribution in [0.4, 0.5) is 0 Å². The first kappa shape index (κ1) is 11.2. The van der Waals surface area contributed by atoms with Crippen molar-refractivity contribution in [1.29, 1.82) is 0 Å². The van der Waals surface area contributed by atoms with Crippen molar-refractivity contribution in [2.45, 2.75) is 58.5 Å². The molecule has 0 saturated carbocycles. The van der Waals surface area contributed by atoms with Crippen LogP contribution >= 0.6 is 0 Å². The number of amides is 1. The third kappa shape index (κ3) is 2.14. The van der Waals surface area contributed by atoms with Gasteiger partial charge in [0, 0.05) is 18.5 Å². The number of carbonyl (C=O) groups is 2. The summed E-state index contributed by atoms with van der Waals surface area (Å²) in [4.78, 5) is 24.8. The molecular weight excluding hydrogens is 178 g/mol. The zero-order valence-corrected chi connectivity index (χ0v) is 9.25. The fourth-order valence-corrected chi connectivity index (χ4v) is 2.12. The molecule has 3 heteroatoms. The molecule has 0 aromatic heterocycles. The lowest BCUT2D eigenvalue weighted by Gasteiger charge is -2.38. The highest BCUT2D eigenvalue weighted by Gasteiger charge is 2.31. The molecule has 1 amide bonds. The highest BCUT2D eigenvalue weighted by molar-refractivity contribution is 6.36. The lowest BCUT2D eigenvalue weighted by molar-refractivity contribution is -0.148. The van der Waals surface area contributed by atoms with Crippen LogP contribution in [0, 0.1) is 0 Å². The Morgan fingerprint density at radius 3 is 2.14 bits per heavy atom. The number of carbonyl (C=O) groups excluding carboxylic acids is 2. The lowest BCUT2D eigenvalue weighted by Crippen LogP contribution is -2.50. The van der Waals surface area contributed by atoms with Crippen molar-refractivity contribution in [2.24, 2.45) is 0 Å². The number of nitrogens with zero attached hydrogens (tertiary/aromatic N) is 1. The molecule has 0 aromatic rings. The van der Waals surface area contributed by atoms with Crippen molar-refractivity contribution in [1.82, 2.24) is 4.90 Å². The molecule has 80 valence electrons. The summed E-state index contributed by atoms with van der Waals surface area (Å²) >= 11 is 0. The van der Waals surface area contributed by atoms with E-state index in [0.29, 0.717) is 6.42 Å². The highest BCUT2D eigenvalue weighted by Crippen LogP contribution is 2.22. The van der Waals surface area contributed by atoms with Crippen molar-refractivity contribution in [3.05, 3.63) is 0 Å². The number of ketones is 1. The zero-order chi connectivity index (χ0) is 10.7. The van der Waals surface area contributed by atoms with E-state index in [1.54, 1.807) is 11.8 Å². The van der Waals surface area contributed by atoms with Gasteiger partial charge in [0.1, 0.15) is 0 Å². The lowest BCUT2D eigenvalue weighted by atomic mass is 9.97. The molecule has 2 unspecified atom stereocenters. The monoisotopic (exact) mass is 197 g/mol. The molecule has 1 rings (SSSR count). The van der Waals surface area contributed by atoms with Gasteiger partial charge in [-0.1, -0.05) is 6.92 Å². The van der Waals surface area contributed by atoms with E-state index in [9.17, 15) is 9.59 Å². The van der Waals surface area contributed by atoms with Crippen LogP contribution in [-0.4, -0.2) is 28.7 Å². The molecule has 2 atom stereocenters.